The molecular formula is Al3N3O3Y2. The molecule has 0 spiro atoms. The summed E-state index contributed by atoms with van der Waals surface area (Å²) in [5.41, 5.74) is 0. The van der Waals surface area contributed by atoms with Gasteiger partial charge < -0.3 is 29.4 Å². The van der Waals surface area contributed by atoms with Crippen LogP contribution in [0.5, 0.6) is 0 Å². The Balaban J connectivity index is -0.0000000150. The van der Waals surface area contributed by atoms with E-state index in [2.05, 4.69) is 11.7 Å². The number of hydrogen-bond acceptors (Lipinski definition) is 3. The largest absolute Gasteiger partial charge is 3.00 e. The van der Waals surface area contributed by atoms with Crippen molar-refractivity contribution >= 4 is 49.9 Å². The van der Waals surface area contributed by atoms with E-state index in [1.54, 1.807) is 49.9 Å². The normalized spacial score (nSPS) is 4.64. The van der Waals surface area contributed by atoms with Crippen molar-refractivity contribution in [1.29, 1.82) is 0 Å². The molecule has 0 unspecified atom stereocenters. The van der Waals surface area contributed by atoms with Crippen LogP contribution in [0.15, 0.2) is 0 Å². The molecule has 11 heavy (non-hydrogen) atoms. The Bertz CT molecular complexity index is 26.5. The van der Waals surface area contributed by atoms with Gasteiger partial charge in [-0.05, 0) is 0 Å². The molecule has 0 aliphatic heterocycles. The Morgan fingerprint density at radius 3 is 0.636 bits per heavy atom. The summed E-state index contributed by atoms with van der Waals surface area (Å²) in [7, 11) is 0. The molecule has 0 aromatic carbocycles. The molecule has 0 aliphatic carbocycles. The summed E-state index contributed by atoms with van der Waals surface area (Å²) < 4.78 is 9.50. The first-order valence-electron chi connectivity index (χ1n) is 1.25. The third-order valence-corrected chi connectivity index (χ3v) is 0. The van der Waals surface area contributed by atoms with Gasteiger partial charge in [0, 0.05) is 0 Å². The van der Waals surface area contributed by atoms with Crippen molar-refractivity contribution in [2.75, 3.05) is 0 Å². The third-order valence-electron chi connectivity index (χ3n) is 0. The van der Waals surface area contributed by atoms with Crippen molar-refractivity contribution in [2.24, 2.45) is 0 Å². The summed E-state index contributed by atoms with van der Waals surface area (Å²) in [4.78, 5) is 0. The van der Waals surface area contributed by atoms with Gasteiger partial charge in [-0.15, -0.1) is 0 Å². The topological polar surface area (TPSA) is 94.6 Å². The van der Waals surface area contributed by atoms with E-state index >= 15 is 0 Å². The molecule has 0 amide bonds. The average molecular weight is 349 g/mol. The molecule has 0 saturated carbocycles. The van der Waals surface area contributed by atoms with Crippen LogP contribution in [0.1, 0.15) is 0 Å². The Hall–Kier alpha value is 3.57. The molecule has 11 heteroatoms. The fourth-order valence-corrected chi connectivity index (χ4v) is 0. The zero-order valence-electron chi connectivity index (χ0n) is 5.45. The van der Waals surface area contributed by atoms with Gasteiger partial charge in [-0.1, -0.05) is 0 Å². The molecule has 6 radical (unpaired) electrons. The minimum atomic E-state index is 0. The predicted molar refractivity (Wildman–Crippen MR) is 30.6 cm³/mol. The maximum Gasteiger partial charge on any atom is 3.00 e. The molecule has 6 nitrogen and oxygen atoms in total. The monoisotopic (exact) mass is 349 g/mol. The molecule has 0 saturated heterocycles. The second-order valence-corrected chi connectivity index (χ2v) is 0.949. The van der Waals surface area contributed by atoms with Gasteiger partial charge in [0.25, 0.3) is 0 Å². The second-order valence-electron chi connectivity index (χ2n) is 0.316. The summed E-state index contributed by atoms with van der Waals surface area (Å²) >= 11 is 4.90. The SMILES string of the molecule is [N-2][O][Al].[N-2][O][Al].[N-2][O][Al].[Y+3].[Y+3]. The smallest absolute Gasteiger partial charge is 1.46 e. The molecule has 0 aromatic rings. The first kappa shape index (κ1) is 29.3. The van der Waals surface area contributed by atoms with Crippen molar-refractivity contribution < 1.29 is 77.1 Å². The average Bonchev–Trinajstić information content (AvgIpc) is 1.70. The molecule has 0 aromatic heterocycles. The van der Waals surface area contributed by atoms with Gasteiger partial charge >= 0.3 is 115 Å². The van der Waals surface area contributed by atoms with E-state index in [-0.39, 0.29) is 65.4 Å². The van der Waals surface area contributed by atoms with Crippen molar-refractivity contribution in [3.05, 3.63) is 17.7 Å². The van der Waals surface area contributed by atoms with Crippen molar-refractivity contribution in [2.45, 2.75) is 0 Å². The van der Waals surface area contributed by atoms with Gasteiger partial charge in [0.1, 0.15) is 0 Å². The minimum Gasteiger partial charge on any atom is -1.46 e. The Morgan fingerprint density at radius 2 is 0.636 bits per heavy atom. The number of hydrogen-bond donors (Lipinski definition) is 0. The standard InChI is InChI=1S/3Al.3NO.2Y/c;;;3*1-2;;/q3*+1;3*-3;2*+3. The summed E-state index contributed by atoms with van der Waals surface area (Å²) in [5, 5.41) is 0. The zero-order valence-corrected chi connectivity index (χ0v) is 14.6. The Kier molecular flexibility index (Phi) is 132. The molecule has 0 atom stereocenters. The van der Waals surface area contributed by atoms with Gasteiger partial charge in [-0.25, -0.2) is 0 Å². The van der Waals surface area contributed by atoms with Gasteiger partial charge in [-0.3, -0.25) is 0 Å². The maximum atomic E-state index is 7.03. The van der Waals surface area contributed by atoms with Crippen molar-refractivity contribution in [1.82, 2.24) is 0 Å². The Morgan fingerprint density at radius 1 is 0.636 bits per heavy atom. The van der Waals surface area contributed by atoms with E-state index in [4.69, 9.17) is 17.7 Å². The van der Waals surface area contributed by atoms with Crippen LogP contribution < -0.4 is 0 Å². The maximum absolute atomic E-state index is 7.03. The van der Waals surface area contributed by atoms with E-state index in [0.29, 0.717) is 0 Å². The van der Waals surface area contributed by atoms with Crippen LogP contribution >= 0.6 is 0 Å². The fraction of sp³-hybridized carbons (Fsp3) is 0. The predicted octanol–water partition coefficient (Wildman–Crippen LogP) is -0.487. The van der Waals surface area contributed by atoms with Gasteiger partial charge in [0.05, 0.1) is 0 Å². The van der Waals surface area contributed by atoms with E-state index < -0.39 is 0 Å². The van der Waals surface area contributed by atoms with Crippen LogP contribution in [-0.4, -0.2) is 49.9 Å². The summed E-state index contributed by atoms with van der Waals surface area (Å²) in [6.07, 6.45) is 0. The van der Waals surface area contributed by atoms with Crippen LogP contribution in [0.25, 0.3) is 17.7 Å². The zero-order chi connectivity index (χ0) is 8.12. The Labute approximate surface area is 142 Å². The van der Waals surface area contributed by atoms with Crippen LogP contribution in [0.4, 0.5) is 0 Å². The number of rotatable bonds is 0. The van der Waals surface area contributed by atoms with Crippen LogP contribution in [-0.2, 0) is 77.1 Å². The fourth-order valence-electron chi connectivity index (χ4n) is 0. The van der Waals surface area contributed by atoms with Crippen LogP contribution in [0.2, 0.25) is 0 Å². The molecule has 0 N–H and O–H groups in total. The minimum absolute atomic E-state index is 0. The quantitative estimate of drug-likeness (QED) is 0.437. The summed E-state index contributed by atoms with van der Waals surface area (Å²) in [6, 6.07) is 0. The van der Waals surface area contributed by atoms with E-state index in [1.165, 1.54) is 0 Å². The van der Waals surface area contributed by atoms with E-state index in [0.717, 1.165) is 0 Å². The van der Waals surface area contributed by atoms with Crippen LogP contribution in [0.3, 0.4) is 0 Å². The van der Waals surface area contributed by atoms with Gasteiger partial charge in [-0.2, -0.15) is 0 Å². The second kappa shape index (κ2) is 49.7. The molecule has 0 aliphatic rings. The first-order chi connectivity index (χ1) is 4.24. The van der Waals surface area contributed by atoms with Crippen LogP contribution in [0, 0.1) is 0 Å². The summed E-state index contributed by atoms with van der Waals surface area (Å²) in [5.74, 6) is 21.1. The molecule has 0 heterocycles. The van der Waals surface area contributed by atoms with E-state index in [9.17, 15) is 0 Å². The summed E-state index contributed by atoms with van der Waals surface area (Å²) in [6.45, 7) is 0. The van der Waals surface area contributed by atoms with Crippen molar-refractivity contribution in [3.63, 3.8) is 0 Å². The van der Waals surface area contributed by atoms with Gasteiger partial charge in [0.15, 0.2) is 0 Å². The molecule has 0 bridgehead atoms. The molecule has 0 fully saturated rings. The van der Waals surface area contributed by atoms with E-state index in [1.807, 2.05) is 0 Å². The molecule has 0 rings (SSSR count). The number of nitrogens with zero attached hydrogens (tertiary/aromatic N) is 3. The first-order valence-corrected chi connectivity index (χ1v) is 2.67. The van der Waals surface area contributed by atoms with Crippen molar-refractivity contribution in [3.8, 4) is 0 Å². The molecule has 48 valence electrons. The molecular weight excluding hydrogens is 349 g/mol. The van der Waals surface area contributed by atoms with Gasteiger partial charge in [0.2, 0.25) is 0 Å². The third kappa shape index (κ3) is 143.